The number of ether oxygens (including phenoxy) is 1. The molecule has 3 N–H and O–H groups in total. The molecule has 8 nitrogen and oxygen atoms in total. The third-order valence-corrected chi connectivity index (χ3v) is 2.39. The average Bonchev–Trinajstić information content (AvgIpc) is 2.93. The fraction of sp³-hybridized carbons (Fsp3) is 0.273. The number of hydrogen-bond acceptors (Lipinski definition) is 8. The van der Waals surface area contributed by atoms with E-state index in [4.69, 9.17) is 10.3 Å². The summed E-state index contributed by atoms with van der Waals surface area (Å²) in [5.74, 6) is 0.546. The molecule has 100 valence electrons. The molecule has 2 aromatic heterocycles. The second-order valence-electron chi connectivity index (χ2n) is 3.66. The maximum absolute atomic E-state index is 11.5. The van der Waals surface area contributed by atoms with Crippen LogP contribution < -0.4 is 11.1 Å². The van der Waals surface area contributed by atoms with Crippen molar-refractivity contribution in [1.82, 2.24) is 15.1 Å². The molecule has 0 saturated carbocycles. The molecule has 0 radical (unpaired) electrons. The van der Waals surface area contributed by atoms with E-state index < -0.39 is 5.97 Å². The fourth-order valence-corrected chi connectivity index (χ4v) is 1.45. The fourth-order valence-electron chi connectivity index (χ4n) is 1.45. The van der Waals surface area contributed by atoms with Crippen LogP contribution in [0.1, 0.15) is 16.2 Å². The monoisotopic (exact) mass is 263 g/mol. The van der Waals surface area contributed by atoms with Crippen molar-refractivity contribution in [3.8, 4) is 0 Å². The molecule has 0 aliphatic carbocycles. The molecule has 0 aliphatic rings. The Morgan fingerprint density at radius 3 is 3.05 bits per heavy atom. The maximum atomic E-state index is 11.5. The van der Waals surface area contributed by atoms with Crippen LogP contribution in [0.2, 0.25) is 0 Å². The Morgan fingerprint density at radius 1 is 1.53 bits per heavy atom. The van der Waals surface area contributed by atoms with Crippen molar-refractivity contribution in [2.24, 2.45) is 0 Å². The quantitative estimate of drug-likeness (QED) is 0.748. The summed E-state index contributed by atoms with van der Waals surface area (Å²) in [6.45, 7) is 0.541. The molecule has 0 aliphatic heterocycles. The first-order valence-electron chi connectivity index (χ1n) is 5.54. The summed E-state index contributed by atoms with van der Waals surface area (Å²) in [7, 11) is 1.30. The van der Waals surface area contributed by atoms with Gasteiger partial charge >= 0.3 is 5.97 Å². The Balaban J connectivity index is 1.99. The van der Waals surface area contributed by atoms with Gasteiger partial charge in [-0.2, -0.15) is 4.98 Å². The lowest BCUT2D eigenvalue weighted by Crippen LogP contribution is -2.10. The molecule has 2 rings (SSSR count). The number of carbonyl (C=O) groups is 1. The summed E-state index contributed by atoms with van der Waals surface area (Å²) in [6, 6.07) is 1.54. The minimum atomic E-state index is -0.500. The third kappa shape index (κ3) is 3.18. The van der Waals surface area contributed by atoms with Crippen molar-refractivity contribution in [2.45, 2.75) is 6.42 Å². The Kier molecular flexibility index (Phi) is 3.91. The van der Waals surface area contributed by atoms with E-state index in [0.29, 0.717) is 24.7 Å². The summed E-state index contributed by atoms with van der Waals surface area (Å²) in [6.07, 6.45) is 3.30. The molecule has 0 fully saturated rings. The number of rotatable bonds is 5. The highest BCUT2D eigenvalue weighted by Gasteiger charge is 2.11. The number of anilines is 2. The van der Waals surface area contributed by atoms with E-state index in [0.717, 1.165) is 0 Å². The summed E-state index contributed by atoms with van der Waals surface area (Å²) < 4.78 is 9.48. The molecule has 8 heteroatoms. The number of nitrogens with two attached hydrogens (primary N) is 1. The number of hydrogen-bond donors (Lipinski definition) is 2. The van der Waals surface area contributed by atoms with E-state index in [9.17, 15) is 4.79 Å². The predicted octanol–water partition coefficient (Wildman–Crippen LogP) is 0.488. The summed E-state index contributed by atoms with van der Waals surface area (Å²) in [5.41, 5.74) is 6.20. The minimum absolute atomic E-state index is 0.273. The van der Waals surface area contributed by atoms with Crippen LogP contribution in [-0.2, 0) is 11.2 Å². The number of esters is 1. The summed E-state index contributed by atoms with van der Waals surface area (Å²) in [5, 5.41) is 6.53. The topological polar surface area (TPSA) is 116 Å². The number of nitrogen functional groups attached to an aromatic ring is 1. The Morgan fingerprint density at radius 2 is 2.37 bits per heavy atom. The van der Waals surface area contributed by atoms with Crippen molar-refractivity contribution in [2.75, 3.05) is 24.7 Å². The Bertz CT molecular complexity index is 555. The van der Waals surface area contributed by atoms with Gasteiger partial charge in [-0.05, 0) is 6.07 Å². The molecule has 0 atom stereocenters. The minimum Gasteiger partial charge on any atom is -0.465 e. The van der Waals surface area contributed by atoms with Crippen molar-refractivity contribution < 1.29 is 14.1 Å². The zero-order valence-corrected chi connectivity index (χ0v) is 10.3. The molecule has 0 spiro atoms. The van der Waals surface area contributed by atoms with Crippen LogP contribution in [0.5, 0.6) is 0 Å². The van der Waals surface area contributed by atoms with E-state index in [2.05, 4.69) is 25.2 Å². The molecule has 19 heavy (non-hydrogen) atoms. The van der Waals surface area contributed by atoms with Crippen LogP contribution in [-0.4, -0.2) is 34.7 Å². The van der Waals surface area contributed by atoms with Gasteiger partial charge in [0.25, 0.3) is 0 Å². The van der Waals surface area contributed by atoms with Gasteiger partial charge in [0, 0.05) is 13.0 Å². The number of aromatic nitrogens is 3. The first-order chi connectivity index (χ1) is 9.20. The average molecular weight is 263 g/mol. The summed E-state index contributed by atoms with van der Waals surface area (Å²) >= 11 is 0. The third-order valence-electron chi connectivity index (χ3n) is 2.39. The SMILES string of the molecule is COC(=O)c1cc(NCCc2ncno2)ncc1N. The number of nitrogens with one attached hydrogen (secondary N) is 1. The number of methoxy groups -OCH3 is 1. The zero-order chi connectivity index (χ0) is 13.7. The van der Waals surface area contributed by atoms with Crippen LogP contribution in [0.3, 0.4) is 0 Å². The maximum Gasteiger partial charge on any atom is 0.340 e. The van der Waals surface area contributed by atoms with E-state index in [1.54, 1.807) is 0 Å². The molecule has 0 amide bonds. The van der Waals surface area contributed by atoms with Crippen molar-refractivity contribution in [3.63, 3.8) is 0 Å². The molecule has 0 unspecified atom stereocenters. The largest absolute Gasteiger partial charge is 0.465 e. The van der Waals surface area contributed by atoms with Gasteiger partial charge in [-0.15, -0.1) is 0 Å². The van der Waals surface area contributed by atoms with E-state index in [1.807, 2.05) is 0 Å². The molecular weight excluding hydrogens is 250 g/mol. The van der Waals surface area contributed by atoms with Gasteiger partial charge in [0.1, 0.15) is 5.82 Å². The highest BCUT2D eigenvalue weighted by atomic mass is 16.5. The van der Waals surface area contributed by atoms with Gasteiger partial charge < -0.3 is 20.3 Å². The lowest BCUT2D eigenvalue weighted by atomic mass is 10.2. The highest BCUT2D eigenvalue weighted by Crippen LogP contribution is 2.15. The van der Waals surface area contributed by atoms with Gasteiger partial charge in [-0.25, -0.2) is 9.78 Å². The van der Waals surface area contributed by atoms with Crippen LogP contribution >= 0.6 is 0 Å². The first-order valence-corrected chi connectivity index (χ1v) is 5.54. The number of nitrogens with zero attached hydrogens (tertiary/aromatic N) is 3. The smallest absolute Gasteiger partial charge is 0.340 e. The van der Waals surface area contributed by atoms with Crippen molar-refractivity contribution in [1.29, 1.82) is 0 Å². The second-order valence-corrected chi connectivity index (χ2v) is 3.66. The van der Waals surface area contributed by atoms with Crippen molar-refractivity contribution in [3.05, 3.63) is 30.0 Å². The lowest BCUT2D eigenvalue weighted by Gasteiger charge is -2.07. The molecular formula is C11H13N5O3. The van der Waals surface area contributed by atoms with Gasteiger partial charge in [-0.3, -0.25) is 0 Å². The van der Waals surface area contributed by atoms with E-state index in [-0.39, 0.29) is 11.3 Å². The van der Waals surface area contributed by atoms with Gasteiger partial charge in [-0.1, -0.05) is 5.16 Å². The van der Waals surface area contributed by atoms with Crippen LogP contribution in [0.15, 0.2) is 23.1 Å². The lowest BCUT2D eigenvalue weighted by molar-refractivity contribution is 0.0602. The standard InChI is InChI=1S/C11H13N5O3/c1-18-11(17)7-4-9(14-5-8(7)12)13-3-2-10-15-6-16-19-10/h4-6H,2-3,12H2,1H3,(H,13,14). The molecule has 0 saturated heterocycles. The molecule has 0 bridgehead atoms. The Labute approximate surface area is 109 Å². The van der Waals surface area contributed by atoms with Gasteiger partial charge in [0.2, 0.25) is 5.89 Å². The number of carbonyl (C=O) groups excluding carboxylic acids is 1. The van der Waals surface area contributed by atoms with E-state index in [1.165, 1.54) is 25.7 Å². The van der Waals surface area contributed by atoms with Gasteiger partial charge in [0.05, 0.1) is 24.6 Å². The molecule has 2 aromatic rings. The Hall–Kier alpha value is -2.64. The predicted molar refractivity (Wildman–Crippen MR) is 66.5 cm³/mol. The van der Waals surface area contributed by atoms with E-state index >= 15 is 0 Å². The van der Waals surface area contributed by atoms with Crippen molar-refractivity contribution >= 4 is 17.5 Å². The summed E-state index contributed by atoms with van der Waals surface area (Å²) in [4.78, 5) is 19.4. The van der Waals surface area contributed by atoms with Crippen LogP contribution in [0, 0.1) is 0 Å². The second kappa shape index (κ2) is 5.80. The first kappa shape index (κ1) is 12.8. The molecule has 0 aromatic carbocycles. The van der Waals surface area contributed by atoms with Crippen LogP contribution in [0.25, 0.3) is 0 Å². The normalized spacial score (nSPS) is 10.2. The van der Waals surface area contributed by atoms with Gasteiger partial charge in [0.15, 0.2) is 6.33 Å². The van der Waals surface area contributed by atoms with Crippen LogP contribution in [0.4, 0.5) is 11.5 Å². The zero-order valence-electron chi connectivity index (χ0n) is 10.3. The number of pyridine rings is 1. The highest BCUT2D eigenvalue weighted by molar-refractivity contribution is 5.95. The molecule has 2 heterocycles.